The van der Waals surface area contributed by atoms with E-state index in [0.717, 1.165) is 0 Å². The van der Waals surface area contributed by atoms with Crippen LogP contribution in [-0.4, -0.2) is 21.9 Å². The number of nitrogens with zero attached hydrogens (tertiary/aromatic N) is 2. The summed E-state index contributed by atoms with van der Waals surface area (Å²) in [6.07, 6.45) is -0.985. The van der Waals surface area contributed by atoms with Crippen LogP contribution in [0.15, 0.2) is 48.5 Å². The van der Waals surface area contributed by atoms with Gasteiger partial charge in [0.2, 0.25) is 5.15 Å². The van der Waals surface area contributed by atoms with Crippen molar-refractivity contribution in [3.63, 3.8) is 0 Å². The van der Waals surface area contributed by atoms with E-state index in [9.17, 15) is 19.7 Å². The lowest BCUT2D eigenvalue weighted by Crippen LogP contribution is -2.17. The number of halogens is 1. The Morgan fingerprint density at radius 3 is 2.54 bits per heavy atom. The van der Waals surface area contributed by atoms with Crippen molar-refractivity contribution in [2.45, 2.75) is 0 Å². The first-order valence-electron chi connectivity index (χ1n) is 7.64. The van der Waals surface area contributed by atoms with E-state index in [1.165, 1.54) is 18.2 Å². The van der Waals surface area contributed by atoms with Gasteiger partial charge in [0.05, 0.1) is 4.92 Å². The van der Waals surface area contributed by atoms with Crippen molar-refractivity contribution in [2.75, 3.05) is 5.32 Å². The van der Waals surface area contributed by atoms with E-state index >= 15 is 0 Å². The van der Waals surface area contributed by atoms with E-state index in [2.05, 4.69) is 10.3 Å². The summed E-state index contributed by atoms with van der Waals surface area (Å²) >= 11 is 6.36. The molecule has 11 heteroatoms. The number of carbonyl (C=O) groups excluding carboxylic acids is 2. The van der Waals surface area contributed by atoms with E-state index < -0.39 is 16.9 Å². The number of ether oxygens (including phenoxy) is 1. The lowest BCUT2D eigenvalue weighted by molar-refractivity contribution is -0.380. The highest BCUT2D eigenvalue weighted by atomic mass is 35.5. The number of hydrogen-bond donors (Lipinski definition) is 2. The summed E-state index contributed by atoms with van der Waals surface area (Å²) in [6.45, 7) is 0. The molecular weight excluding hydrogens is 408 g/mol. The number of nitrogens with two attached hydrogens (primary N) is 1. The van der Waals surface area contributed by atoms with E-state index in [-0.39, 0.29) is 26.6 Å². The Balaban J connectivity index is 1.98. The largest absolute Gasteiger partial charge is 0.410 e. The summed E-state index contributed by atoms with van der Waals surface area (Å²) in [5.41, 5.74) is 6.43. The molecule has 2 aromatic carbocycles. The number of benzene rings is 2. The van der Waals surface area contributed by atoms with Gasteiger partial charge in [0.1, 0.15) is 5.75 Å². The molecule has 0 spiro atoms. The highest BCUT2D eigenvalue weighted by Gasteiger charge is 2.22. The number of primary amides is 1. The number of rotatable bonds is 5. The molecule has 0 fully saturated rings. The Hall–Kier alpha value is -3.50. The SMILES string of the molecule is NC(=O)Oc1ccc(C(=O)Nc2nc(Cl)c([N+](=O)[O-])s2)c(-c2ccccc2)c1. The first-order valence-corrected chi connectivity index (χ1v) is 8.83. The molecule has 9 nitrogen and oxygen atoms in total. The third-order valence-corrected chi connectivity index (χ3v) is 4.79. The highest BCUT2D eigenvalue weighted by molar-refractivity contribution is 7.19. The Morgan fingerprint density at radius 1 is 1.21 bits per heavy atom. The second kappa shape index (κ2) is 8.03. The molecule has 0 aliphatic heterocycles. The van der Waals surface area contributed by atoms with E-state index in [1.54, 1.807) is 24.3 Å². The number of amides is 2. The van der Waals surface area contributed by atoms with Crippen molar-refractivity contribution in [2.24, 2.45) is 5.73 Å². The van der Waals surface area contributed by atoms with Gasteiger partial charge in [-0.3, -0.25) is 20.2 Å². The number of nitrogens with one attached hydrogen (secondary N) is 1. The topological polar surface area (TPSA) is 137 Å². The van der Waals surface area contributed by atoms with Crippen molar-refractivity contribution in [1.82, 2.24) is 4.98 Å². The van der Waals surface area contributed by atoms with Crippen molar-refractivity contribution in [3.05, 3.63) is 69.4 Å². The fourth-order valence-corrected chi connectivity index (χ4v) is 3.37. The van der Waals surface area contributed by atoms with Gasteiger partial charge in [0.25, 0.3) is 5.91 Å². The number of thiazole rings is 1. The second-order valence-electron chi connectivity index (χ2n) is 5.32. The van der Waals surface area contributed by atoms with Gasteiger partial charge < -0.3 is 10.5 Å². The third-order valence-electron chi connectivity index (χ3n) is 3.49. The van der Waals surface area contributed by atoms with Gasteiger partial charge in [-0.25, -0.2) is 9.78 Å². The zero-order chi connectivity index (χ0) is 20.3. The molecule has 0 bridgehead atoms. The minimum absolute atomic E-state index is 0.0156. The Bertz CT molecular complexity index is 1070. The molecule has 0 aliphatic rings. The van der Waals surface area contributed by atoms with Gasteiger partial charge in [-0.05, 0) is 40.7 Å². The second-order valence-corrected chi connectivity index (χ2v) is 6.66. The minimum atomic E-state index is -0.985. The molecule has 0 radical (unpaired) electrons. The fraction of sp³-hybridized carbons (Fsp3) is 0. The number of anilines is 1. The summed E-state index contributed by atoms with van der Waals surface area (Å²) in [5.74, 6) is -0.402. The highest BCUT2D eigenvalue weighted by Crippen LogP contribution is 2.35. The zero-order valence-electron chi connectivity index (χ0n) is 13.9. The van der Waals surface area contributed by atoms with Crippen LogP contribution in [0.5, 0.6) is 5.75 Å². The van der Waals surface area contributed by atoms with Gasteiger partial charge in [-0.15, -0.1) is 0 Å². The van der Waals surface area contributed by atoms with Crippen LogP contribution in [0.1, 0.15) is 10.4 Å². The molecule has 3 rings (SSSR count). The molecule has 0 saturated heterocycles. The van der Waals surface area contributed by atoms with Gasteiger partial charge >= 0.3 is 11.1 Å². The molecule has 2 amide bonds. The Kier molecular flexibility index (Phi) is 5.52. The fourth-order valence-electron chi connectivity index (χ4n) is 2.38. The molecule has 0 unspecified atom stereocenters. The lowest BCUT2D eigenvalue weighted by atomic mass is 9.99. The summed E-state index contributed by atoms with van der Waals surface area (Å²) in [6, 6.07) is 13.3. The van der Waals surface area contributed by atoms with Crippen LogP contribution in [0.2, 0.25) is 5.15 Å². The van der Waals surface area contributed by atoms with Gasteiger partial charge in [0.15, 0.2) is 5.13 Å². The minimum Gasteiger partial charge on any atom is -0.410 e. The number of carbonyl (C=O) groups is 2. The average Bonchev–Trinajstić information content (AvgIpc) is 3.02. The summed E-state index contributed by atoms with van der Waals surface area (Å²) in [7, 11) is 0. The summed E-state index contributed by atoms with van der Waals surface area (Å²) in [5, 5.41) is 12.7. The molecule has 0 atom stereocenters. The van der Waals surface area contributed by atoms with Gasteiger partial charge in [-0.1, -0.05) is 41.9 Å². The van der Waals surface area contributed by atoms with Crippen LogP contribution in [0.25, 0.3) is 11.1 Å². The van der Waals surface area contributed by atoms with Crippen molar-refractivity contribution >= 4 is 45.1 Å². The van der Waals surface area contributed by atoms with Crippen LogP contribution in [0, 0.1) is 10.1 Å². The lowest BCUT2D eigenvalue weighted by Gasteiger charge is -2.11. The zero-order valence-corrected chi connectivity index (χ0v) is 15.5. The smallest absolute Gasteiger partial charge is 0.409 e. The molecule has 1 aromatic heterocycles. The van der Waals surface area contributed by atoms with Crippen LogP contribution in [-0.2, 0) is 0 Å². The van der Waals surface area contributed by atoms with E-state index in [4.69, 9.17) is 22.1 Å². The average molecular weight is 419 g/mol. The monoisotopic (exact) mass is 418 g/mol. The van der Waals surface area contributed by atoms with Gasteiger partial charge in [-0.2, -0.15) is 0 Å². The molecular formula is C17H11ClN4O5S. The maximum Gasteiger partial charge on any atom is 0.409 e. The normalized spacial score (nSPS) is 10.3. The number of nitro groups is 1. The molecule has 28 heavy (non-hydrogen) atoms. The van der Waals surface area contributed by atoms with Crippen LogP contribution in [0.3, 0.4) is 0 Å². The maximum absolute atomic E-state index is 12.7. The molecule has 3 aromatic rings. The summed E-state index contributed by atoms with van der Waals surface area (Å²) in [4.78, 5) is 37.7. The Labute approximate surface area is 166 Å². The quantitative estimate of drug-likeness (QED) is 0.473. The standard InChI is InChI=1S/C17H11ClN4O5S/c18-13-15(22(25)26)28-17(20-13)21-14(23)11-7-6-10(27-16(19)24)8-12(11)9-4-2-1-3-5-9/h1-8H,(H2,19,24)(H,20,21,23). The molecule has 3 N–H and O–H groups in total. The Morgan fingerprint density at radius 2 is 1.93 bits per heavy atom. The molecule has 0 saturated carbocycles. The van der Waals surface area contributed by atoms with E-state index in [0.29, 0.717) is 22.5 Å². The number of hydrogen-bond acceptors (Lipinski definition) is 7. The molecule has 142 valence electrons. The van der Waals surface area contributed by atoms with Crippen molar-refractivity contribution in [1.29, 1.82) is 0 Å². The van der Waals surface area contributed by atoms with Crippen molar-refractivity contribution in [3.8, 4) is 16.9 Å². The van der Waals surface area contributed by atoms with Crippen molar-refractivity contribution < 1.29 is 19.2 Å². The van der Waals surface area contributed by atoms with E-state index in [1.807, 2.05) is 6.07 Å². The number of aromatic nitrogens is 1. The van der Waals surface area contributed by atoms with Crippen LogP contribution in [0.4, 0.5) is 14.9 Å². The van der Waals surface area contributed by atoms with Crippen LogP contribution < -0.4 is 15.8 Å². The van der Waals surface area contributed by atoms with Gasteiger partial charge in [0, 0.05) is 5.56 Å². The summed E-state index contributed by atoms with van der Waals surface area (Å²) < 4.78 is 4.88. The predicted molar refractivity (Wildman–Crippen MR) is 104 cm³/mol. The molecule has 1 heterocycles. The van der Waals surface area contributed by atoms with Crippen LogP contribution >= 0.6 is 22.9 Å². The first kappa shape index (κ1) is 19.3. The maximum atomic E-state index is 12.7. The predicted octanol–water partition coefficient (Wildman–Crippen LogP) is 4.08. The first-order chi connectivity index (χ1) is 13.3. The third kappa shape index (κ3) is 4.24. The molecule has 0 aliphatic carbocycles.